The maximum absolute atomic E-state index is 6.52. The van der Waals surface area contributed by atoms with Gasteiger partial charge in [0.1, 0.15) is 0 Å². The molecule has 1 atom stereocenters. The number of hydrogen-bond donors (Lipinski definition) is 1. The molecular formula is C34H63N. The Labute approximate surface area is 221 Å². The van der Waals surface area contributed by atoms with Crippen LogP contribution in [0.5, 0.6) is 0 Å². The van der Waals surface area contributed by atoms with Crippen LogP contribution in [0.3, 0.4) is 0 Å². The Balaban J connectivity index is 1.84. The van der Waals surface area contributed by atoms with Gasteiger partial charge in [-0.3, -0.25) is 0 Å². The first-order chi connectivity index (χ1) is 17.0. The minimum Gasteiger partial charge on any atom is -0.325 e. The minimum atomic E-state index is -0.0939. The zero-order chi connectivity index (χ0) is 25.5. The molecule has 1 aromatic carbocycles. The van der Waals surface area contributed by atoms with Crippen LogP contribution in [0.15, 0.2) is 30.3 Å². The Morgan fingerprint density at radius 2 is 0.886 bits per heavy atom. The molecule has 35 heavy (non-hydrogen) atoms. The summed E-state index contributed by atoms with van der Waals surface area (Å²) in [5.41, 5.74) is 7.85. The van der Waals surface area contributed by atoms with Crippen LogP contribution in [0.4, 0.5) is 0 Å². The highest BCUT2D eigenvalue weighted by Crippen LogP contribution is 2.25. The summed E-state index contributed by atoms with van der Waals surface area (Å²) in [4.78, 5) is 0. The van der Waals surface area contributed by atoms with Crippen LogP contribution < -0.4 is 5.73 Å². The first-order valence-corrected chi connectivity index (χ1v) is 15.9. The molecule has 0 radical (unpaired) electrons. The number of unbranched alkanes of at least 4 members (excludes halogenated alkanes) is 20. The van der Waals surface area contributed by atoms with Gasteiger partial charge >= 0.3 is 0 Å². The number of hydrogen-bond acceptors (Lipinski definition) is 1. The van der Waals surface area contributed by atoms with Gasteiger partial charge in [0.2, 0.25) is 0 Å². The van der Waals surface area contributed by atoms with Gasteiger partial charge in [-0.2, -0.15) is 0 Å². The molecule has 0 heterocycles. The number of benzene rings is 1. The Kier molecular flexibility index (Phi) is 20.6. The summed E-state index contributed by atoms with van der Waals surface area (Å²) in [6.45, 7) is 6.71. The van der Waals surface area contributed by atoms with Gasteiger partial charge < -0.3 is 5.73 Å². The maximum atomic E-state index is 6.52. The van der Waals surface area contributed by atoms with Gasteiger partial charge in [0, 0.05) is 5.54 Å². The average Bonchev–Trinajstić information content (AvgIpc) is 2.84. The predicted molar refractivity (Wildman–Crippen MR) is 159 cm³/mol. The van der Waals surface area contributed by atoms with Gasteiger partial charge in [-0.1, -0.05) is 172 Å². The lowest BCUT2D eigenvalue weighted by Crippen LogP contribution is -2.42. The van der Waals surface area contributed by atoms with Crippen molar-refractivity contribution in [2.45, 2.75) is 174 Å². The van der Waals surface area contributed by atoms with Gasteiger partial charge in [-0.25, -0.2) is 0 Å². The first kappa shape index (κ1) is 32.2. The summed E-state index contributed by atoms with van der Waals surface area (Å²) in [6, 6.07) is 10.9. The van der Waals surface area contributed by atoms with Crippen LogP contribution in [0.2, 0.25) is 0 Å². The monoisotopic (exact) mass is 485 g/mol. The molecule has 0 aliphatic carbocycles. The third-order valence-electron chi connectivity index (χ3n) is 8.03. The zero-order valence-corrected chi connectivity index (χ0v) is 24.3. The Morgan fingerprint density at radius 3 is 1.23 bits per heavy atom. The molecule has 2 N–H and O–H groups in total. The molecule has 1 aromatic rings. The van der Waals surface area contributed by atoms with Gasteiger partial charge in [-0.15, -0.1) is 0 Å². The van der Waals surface area contributed by atoms with Crippen LogP contribution in [-0.4, -0.2) is 5.54 Å². The van der Waals surface area contributed by atoms with E-state index in [1.165, 1.54) is 147 Å². The molecule has 0 bridgehead atoms. The second-order valence-electron chi connectivity index (χ2n) is 12.1. The highest BCUT2D eigenvalue weighted by atomic mass is 14.7. The Hall–Kier alpha value is -0.820. The fourth-order valence-corrected chi connectivity index (χ4v) is 5.46. The van der Waals surface area contributed by atoms with Crippen molar-refractivity contribution in [2.75, 3.05) is 0 Å². The van der Waals surface area contributed by atoms with E-state index < -0.39 is 0 Å². The van der Waals surface area contributed by atoms with Gasteiger partial charge in [0.25, 0.3) is 0 Å². The van der Waals surface area contributed by atoms with Crippen molar-refractivity contribution in [3.63, 3.8) is 0 Å². The van der Waals surface area contributed by atoms with Gasteiger partial charge in [0.05, 0.1) is 0 Å². The highest BCUT2D eigenvalue weighted by molar-refractivity contribution is 5.16. The summed E-state index contributed by atoms with van der Waals surface area (Å²) in [5.74, 6) is 0.574. The molecule has 0 saturated heterocycles. The molecular weight excluding hydrogens is 422 g/mol. The quantitative estimate of drug-likeness (QED) is 0.137. The average molecular weight is 486 g/mol. The van der Waals surface area contributed by atoms with Gasteiger partial charge in [-0.05, 0) is 38.2 Å². The standard InChI is InChI=1S/C34H63N/c1-4-5-6-7-8-9-10-11-12-13-14-15-16-17-18-19-20-21-22-23-27-30-33(34(2,3)35)31-32-28-25-24-26-29-32/h24-26,28-29,33H,4-23,27,30-31,35H2,1-3H3. The van der Waals surface area contributed by atoms with E-state index in [1.54, 1.807) is 0 Å². The molecule has 0 fully saturated rings. The molecule has 0 amide bonds. The van der Waals surface area contributed by atoms with E-state index in [0.717, 1.165) is 6.42 Å². The lowest BCUT2D eigenvalue weighted by atomic mass is 9.80. The molecule has 0 aliphatic rings. The SMILES string of the molecule is CCCCCCCCCCCCCCCCCCCCCCCC(Cc1ccccc1)C(C)(C)N. The third-order valence-corrected chi connectivity index (χ3v) is 8.03. The number of rotatable bonds is 25. The number of nitrogens with two attached hydrogens (primary N) is 1. The smallest absolute Gasteiger partial charge is 0.0129 e. The second-order valence-corrected chi connectivity index (χ2v) is 12.1. The lowest BCUT2D eigenvalue weighted by Gasteiger charge is -2.31. The van der Waals surface area contributed by atoms with E-state index >= 15 is 0 Å². The Morgan fingerprint density at radius 1 is 0.543 bits per heavy atom. The van der Waals surface area contributed by atoms with Crippen LogP contribution in [0.25, 0.3) is 0 Å². The topological polar surface area (TPSA) is 26.0 Å². The maximum Gasteiger partial charge on any atom is 0.0129 e. The van der Waals surface area contributed by atoms with Crippen LogP contribution in [0.1, 0.15) is 168 Å². The van der Waals surface area contributed by atoms with Gasteiger partial charge in [0.15, 0.2) is 0 Å². The third kappa shape index (κ3) is 20.0. The molecule has 1 unspecified atom stereocenters. The predicted octanol–water partition coefficient (Wildman–Crippen LogP) is 11.2. The summed E-state index contributed by atoms with van der Waals surface area (Å²) in [5, 5.41) is 0. The molecule has 0 aromatic heterocycles. The molecule has 1 rings (SSSR count). The van der Waals surface area contributed by atoms with Crippen LogP contribution in [-0.2, 0) is 6.42 Å². The van der Waals surface area contributed by atoms with Crippen molar-refractivity contribution < 1.29 is 0 Å². The van der Waals surface area contributed by atoms with E-state index in [4.69, 9.17) is 5.73 Å². The van der Waals surface area contributed by atoms with E-state index in [9.17, 15) is 0 Å². The van der Waals surface area contributed by atoms with Crippen molar-refractivity contribution >= 4 is 0 Å². The van der Waals surface area contributed by atoms with Crippen molar-refractivity contribution in [2.24, 2.45) is 11.7 Å². The fraction of sp³-hybridized carbons (Fsp3) is 0.824. The van der Waals surface area contributed by atoms with Crippen LogP contribution in [0, 0.1) is 5.92 Å². The molecule has 0 aliphatic heterocycles. The first-order valence-electron chi connectivity index (χ1n) is 15.9. The van der Waals surface area contributed by atoms with Crippen LogP contribution >= 0.6 is 0 Å². The summed E-state index contributed by atoms with van der Waals surface area (Å²) < 4.78 is 0. The normalized spacial score (nSPS) is 12.8. The zero-order valence-electron chi connectivity index (χ0n) is 24.3. The van der Waals surface area contributed by atoms with E-state index in [-0.39, 0.29) is 5.54 Å². The van der Waals surface area contributed by atoms with Crippen molar-refractivity contribution in [3.05, 3.63) is 35.9 Å². The summed E-state index contributed by atoms with van der Waals surface area (Å²) >= 11 is 0. The molecule has 1 heteroatoms. The highest BCUT2D eigenvalue weighted by Gasteiger charge is 2.24. The fourth-order valence-electron chi connectivity index (χ4n) is 5.46. The molecule has 1 nitrogen and oxygen atoms in total. The summed E-state index contributed by atoms with van der Waals surface area (Å²) in [6.07, 6.45) is 32.7. The van der Waals surface area contributed by atoms with Crippen molar-refractivity contribution in [3.8, 4) is 0 Å². The molecule has 0 spiro atoms. The minimum absolute atomic E-state index is 0.0939. The van der Waals surface area contributed by atoms with E-state index in [0.29, 0.717) is 5.92 Å². The molecule has 204 valence electrons. The largest absolute Gasteiger partial charge is 0.325 e. The van der Waals surface area contributed by atoms with E-state index in [2.05, 4.69) is 51.1 Å². The van der Waals surface area contributed by atoms with E-state index in [1.807, 2.05) is 0 Å². The Bertz CT molecular complexity index is 543. The van der Waals surface area contributed by atoms with Crippen molar-refractivity contribution in [1.29, 1.82) is 0 Å². The second kappa shape index (κ2) is 22.4. The van der Waals surface area contributed by atoms with Crippen molar-refractivity contribution in [1.82, 2.24) is 0 Å². The lowest BCUT2D eigenvalue weighted by molar-refractivity contribution is 0.290. The molecule has 0 saturated carbocycles. The summed E-state index contributed by atoms with van der Waals surface area (Å²) in [7, 11) is 0.